The van der Waals surface area contributed by atoms with Gasteiger partial charge in [-0.3, -0.25) is 0 Å². The lowest BCUT2D eigenvalue weighted by molar-refractivity contribution is -0.137. The zero-order valence-electron chi connectivity index (χ0n) is 11.7. The van der Waals surface area contributed by atoms with Crippen LogP contribution in [0.2, 0.25) is 0 Å². The van der Waals surface area contributed by atoms with E-state index in [1.807, 2.05) is 6.92 Å². The van der Waals surface area contributed by atoms with Gasteiger partial charge in [0.15, 0.2) is 0 Å². The maximum absolute atomic E-state index is 12.6. The van der Waals surface area contributed by atoms with E-state index in [9.17, 15) is 13.2 Å². The van der Waals surface area contributed by atoms with E-state index in [4.69, 9.17) is 10.5 Å². The third-order valence-electron chi connectivity index (χ3n) is 3.19. The summed E-state index contributed by atoms with van der Waals surface area (Å²) in [6, 6.07) is 4.75. The number of rotatable bonds is 4. The summed E-state index contributed by atoms with van der Waals surface area (Å²) in [7, 11) is 1.48. The highest BCUT2D eigenvalue weighted by Crippen LogP contribution is 2.31. The Balaban J connectivity index is 2.49. The second-order valence-electron chi connectivity index (χ2n) is 4.45. The normalized spacial score (nSPS) is 11.7. The van der Waals surface area contributed by atoms with Crippen LogP contribution in [0.3, 0.4) is 0 Å². The zero-order chi connectivity index (χ0) is 15.6. The highest BCUT2D eigenvalue weighted by Gasteiger charge is 2.30. The Hall–Kier alpha value is -2.02. The van der Waals surface area contributed by atoms with Crippen molar-refractivity contribution in [3.8, 4) is 11.6 Å². The van der Waals surface area contributed by atoms with Gasteiger partial charge in [-0.25, -0.2) is 4.68 Å². The fraction of sp³-hybridized carbons (Fsp3) is 0.357. The lowest BCUT2D eigenvalue weighted by Crippen LogP contribution is -2.06. The Morgan fingerprint density at radius 2 is 1.86 bits per heavy atom. The molecule has 7 heteroatoms. The average molecular weight is 299 g/mol. The van der Waals surface area contributed by atoms with Crippen LogP contribution in [-0.2, 0) is 19.1 Å². The van der Waals surface area contributed by atoms with Crippen molar-refractivity contribution in [2.75, 3.05) is 7.11 Å². The van der Waals surface area contributed by atoms with E-state index in [1.165, 1.54) is 23.9 Å². The van der Waals surface area contributed by atoms with Crippen LogP contribution in [0, 0.1) is 0 Å². The molecule has 2 rings (SSSR count). The number of nitrogens with zero attached hydrogens (tertiary/aromatic N) is 2. The fourth-order valence-electron chi connectivity index (χ4n) is 2.14. The van der Waals surface area contributed by atoms with Crippen LogP contribution in [0.25, 0.3) is 5.69 Å². The molecule has 0 saturated heterocycles. The van der Waals surface area contributed by atoms with E-state index >= 15 is 0 Å². The van der Waals surface area contributed by atoms with E-state index in [2.05, 4.69) is 5.10 Å². The lowest BCUT2D eigenvalue weighted by Gasteiger charge is -2.10. The molecule has 4 nitrogen and oxygen atoms in total. The van der Waals surface area contributed by atoms with Gasteiger partial charge < -0.3 is 10.5 Å². The molecule has 1 aromatic heterocycles. The van der Waals surface area contributed by atoms with Crippen molar-refractivity contribution < 1.29 is 17.9 Å². The lowest BCUT2D eigenvalue weighted by atomic mass is 10.2. The van der Waals surface area contributed by atoms with Crippen LogP contribution in [-0.4, -0.2) is 16.9 Å². The maximum Gasteiger partial charge on any atom is 0.416 e. The summed E-state index contributed by atoms with van der Waals surface area (Å²) in [5, 5.41) is 4.36. The highest BCUT2D eigenvalue weighted by atomic mass is 19.4. The van der Waals surface area contributed by atoms with Crippen LogP contribution in [0.15, 0.2) is 24.3 Å². The third kappa shape index (κ3) is 2.87. The summed E-state index contributed by atoms with van der Waals surface area (Å²) in [6.45, 7) is 2.19. The Labute approximate surface area is 120 Å². The predicted octanol–water partition coefficient (Wildman–Crippen LogP) is 2.92. The van der Waals surface area contributed by atoms with Gasteiger partial charge >= 0.3 is 6.18 Å². The number of benzene rings is 1. The number of halogens is 3. The summed E-state index contributed by atoms with van der Waals surface area (Å²) in [4.78, 5) is 0. The van der Waals surface area contributed by atoms with E-state index < -0.39 is 11.7 Å². The predicted molar refractivity (Wildman–Crippen MR) is 72.4 cm³/mol. The van der Waals surface area contributed by atoms with Crippen molar-refractivity contribution in [2.24, 2.45) is 5.73 Å². The number of ether oxygens (including phenoxy) is 1. The van der Waals surface area contributed by atoms with Gasteiger partial charge in [0.25, 0.3) is 0 Å². The third-order valence-corrected chi connectivity index (χ3v) is 3.19. The molecule has 0 aliphatic heterocycles. The fourth-order valence-corrected chi connectivity index (χ4v) is 2.14. The topological polar surface area (TPSA) is 53.1 Å². The number of aryl methyl sites for hydroxylation is 1. The van der Waals surface area contributed by atoms with Crippen LogP contribution in [0.4, 0.5) is 13.2 Å². The largest absolute Gasteiger partial charge is 0.481 e. The number of nitrogens with two attached hydrogens (primary N) is 1. The van der Waals surface area contributed by atoms with Gasteiger partial charge in [0.05, 0.1) is 29.6 Å². The Bertz CT molecular complexity index is 618. The van der Waals surface area contributed by atoms with Gasteiger partial charge in [0.2, 0.25) is 5.88 Å². The minimum Gasteiger partial charge on any atom is -0.481 e. The summed E-state index contributed by atoms with van der Waals surface area (Å²) >= 11 is 0. The molecule has 0 spiro atoms. The van der Waals surface area contributed by atoms with E-state index in [0.29, 0.717) is 18.0 Å². The molecule has 0 atom stereocenters. The molecule has 0 radical (unpaired) electrons. The van der Waals surface area contributed by atoms with E-state index in [-0.39, 0.29) is 6.54 Å². The molecular formula is C14H16F3N3O. The van der Waals surface area contributed by atoms with Gasteiger partial charge in [0, 0.05) is 6.54 Å². The standard InChI is InChI=1S/C14H16F3N3O/c1-3-12-11(8-18)13(21-2)20(19-12)10-6-4-9(5-7-10)14(15,16)17/h4-7H,3,8,18H2,1-2H3. The van der Waals surface area contributed by atoms with Crippen LogP contribution >= 0.6 is 0 Å². The molecule has 0 amide bonds. The van der Waals surface area contributed by atoms with Gasteiger partial charge in [-0.1, -0.05) is 6.92 Å². The van der Waals surface area contributed by atoms with Gasteiger partial charge in [-0.05, 0) is 30.7 Å². The second kappa shape index (κ2) is 5.77. The summed E-state index contributed by atoms with van der Waals surface area (Å²) < 4.78 is 44.5. The molecule has 0 bridgehead atoms. The van der Waals surface area contributed by atoms with E-state index in [0.717, 1.165) is 23.4 Å². The summed E-state index contributed by atoms with van der Waals surface area (Å²) in [5.41, 5.74) is 7.02. The molecule has 2 N–H and O–H groups in total. The van der Waals surface area contributed by atoms with Gasteiger partial charge in [-0.15, -0.1) is 0 Å². The molecule has 0 fully saturated rings. The van der Waals surface area contributed by atoms with Crippen molar-refractivity contribution in [3.63, 3.8) is 0 Å². The first kappa shape index (κ1) is 15.4. The SMILES string of the molecule is CCc1nn(-c2ccc(C(F)(F)F)cc2)c(OC)c1CN. The average Bonchev–Trinajstić information content (AvgIpc) is 2.84. The van der Waals surface area contributed by atoms with Gasteiger partial charge in [-0.2, -0.15) is 18.3 Å². The molecule has 21 heavy (non-hydrogen) atoms. The Morgan fingerprint density at radius 3 is 2.29 bits per heavy atom. The molecular weight excluding hydrogens is 283 g/mol. The molecule has 0 aliphatic carbocycles. The number of hydrogen-bond donors (Lipinski definition) is 1. The van der Waals surface area contributed by atoms with Gasteiger partial charge in [0.1, 0.15) is 0 Å². The van der Waals surface area contributed by atoms with Crippen molar-refractivity contribution >= 4 is 0 Å². The van der Waals surface area contributed by atoms with Crippen LogP contribution in [0.5, 0.6) is 5.88 Å². The first-order valence-electron chi connectivity index (χ1n) is 6.44. The smallest absolute Gasteiger partial charge is 0.416 e. The van der Waals surface area contributed by atoms with E-state index in [1.54, 1.807) is 0 Å². The summed E-state index contributed by atoms with van der Waals surface area (Å²) in [5.74, 6) is 0.453. The summed E-state index contributed by atoms with van der Waals surface area (Å²) in [6.07, 6.45) is -3.69. The number of aromatic nitrogens is 2. The molecule has 0 saturated carbocycles. The maximum atomic E-state index is 12.6. The molecule has 0 aliphatic rings. The first-order chi connectivity index (χ1) is 9.92. The Morgan fingerprint density at radius 1 is 1.24 bits per heavy atom. The zero-order valence-corrected chi connectivity index (χ0v) is 11.7. The first-order valence-corrected chi connectivity index (χ1v) is 6.44. The number of hydrogen-bond acceptors (Lipinski definition) is 3. The monoisotopic (exact) mass is 299 g/mol. The van der Waals surface area contributed by atoms with Crippen molar-refractivity contribution in [1.82, 2.24) is 9.78 Å². The second-order valence-corrected chi connectivity index (χ2v) is 4.45. The number of alkyl halides is 3. The molecule has 1 aromatic carbocycles. The van der Waals surface area contributed by atoms with Crippen LogP contribution in [0.1, 0.15) is 23.7 Å². The quantitative estimate of drug-likeness (QED) is 0.944. The van der Waals surface area contributed by atoms with Crippen molar-refractivity contribution in [2.45, 2.75) is 26.1 Å². The minimum absolute atomic E-state index is 0.257. The van der Waals surface area contributed by atoms with Crippen molar-refractivity contribution in [3.05, 3.63) is 41.1 Å². The molecule has 0 unspecified atom stereocenters. The van der Waals surface area contributed by atoms with Crippen molar-refractivity contribution in [1.29, 1.82) is 0 Å². The minimum atomic E-state index is -4.36. The highest BCUT2D eigenvalue weighted by molar-refractivity contribution is 5.42. The van der Waals surface area contributed by atoms with Crippen LogP contribution < -0.4 is 10.5 Å². The molecule has 114 valence electrons. The molecule has 1 heterocycles. The Kier molecular flexibility index (Phi) is 4.22. The number of methoxy groups -OCH3 is 1. The molecule has 2 aromatic rings.